The van der Waals surface area contributed by atoms with Crippen molar-refractivity contribution in [3.63, 3.8) is 0 Å². The van der Waals surface area contributed by atoms with Crippen LogP contribution < -0.4 is 16.2 Å². The number of hydrogen-bond acceptors (Lipinski definition) is 4. The number of rotatable bonds is 4. The van der Waals surface area contributed by atoms with Gasteiger partial charge in [-0.25, -0.2) is 9.48 Å². The zero-order valence-electron chi connectivity index (χ0n) is 15.7. The van der Waals surface area contributed by atoms with E-state index in [1.807, 2.05) is 6.07 Å². The topological polar surface area (TPSA) is 122 Å². The highest BCUT2D eigenvalue weighted by atomic mass is 16.4. The minimum absolute atomic E-state index is 0.00210. The Labute approximate surface area is 165 Å². The second-order valence-electron chi connectivity index (χ2n) is 6.23. The first-order chi connectivity index (χ1) is 13.8. The van der Waals surface area contributed by atoms with E-state index in [-0.39, 0.29) is 16.9 Å². The summed E-state index contributed by atoms with van der Waals surface area (Å²) in [7, 11) is 1.67. The lowest BCUT2D eigenvalue weighted by Gasteiger charge is -2.07. The first kappa shape index (κ1) is 19.6. The Morgan fingerprint density at radius 2 is 1.48 bits per heavy atom. The van der Waals surface area contributed by atoms with Crippen molar-refractivity contribution >= 4 is 29.2 Å². The third kappa shape index (κ3) is 3.93. The minimum atomic E-state index is -1.10. The molecule has 148 valence electrons. The van der Waals surface area contributed by atoms with E-state index in [1.165, 1.54) is 28.9 Å². The molecule has 0 atom stereocenters. The molecule has 0 bridgehead atoms. The maximum Gasteiger partial charge on any atom is 0.335 e. The minimum Gasteiger partial charge on any atom is -0.478 e. The van der Waals surface area contributed by atoms with Crippen molar-refractivity contribution in [3.8, 4) is 5.69 Å². The van der Waals surface area contributed by atoms with Crippen molar-refractivity contribution in [1.29, 1.82) is 0 Å². The molecule has 0 fully saturated rings. The highest BCUT2D eigenvalue weighted by Crippen LogP contribution is 2.14. The number of carboxylic acid groups (broad SMARTS) is 1. The van der Waals surface area contributed by atoms with Gasteiger partial charge in [-0.15, -0.1) is 0 Å². The fourth-order valence-corrected chi connectivity index (χ4v) is 2.77. The van der Waals surface area contributed by atoms with Crippen LogP contribution in [0, 0.1) is 6.92 Å². The summed E-state index contributed by atoms with van der Waals surface area (Å²) < 4.78 is 2.96. The van der Waals surface area contributed by atoms with Crippen LogP contribution in [0.5, 0.6) is 0 Å². The van der Waals surface area contributed by atoms with Crippen LogP contribution >= 0.6 is 0 Å². The number of benzene rings is 2. The summed E-state index contributed by atoms with van der Waals surface area (Å²) in [5.74, 6) is -3.10. The van der Waals surface area contributed by atoms with Gasteiger partial charge in [0.2, 0.25) is 0 Å². The molecule has 29 heavy (non-hydrogen) atoms. The predicted octanol–water partition coefficient (Wildman–Crippen LogP) is 1.76. The summed E-state index contributed by atoms with van der Waals surface area (Å²) >= 11 is 0. The summed E-state index contributed by atoms with van der Waals surface area (Å²) in [6, 6.07) is 14.2. The van der Waals surface area contributed by atoms with E-state index in [2.05, 4.69) is 10.6 Å². The number of aromatic carboxylic acids is 1. The summed E-state index contributed by atoms with van der Waals surface area (Å²) in [6.45, 7) is 1.65. The first-order valence-corrected chi connectivity index (χ1v) is 8.59. The van der Waals surface area contributed by atoms with Gasteiger partial charge in [-0.2, -0.15) is 0 Å². The number of anilines is 2. The molecule has 1 aromatic heterocycles. The van der Waals surface area contributed by atoms with Gasteiger partial charge in [0.05, 0.1) is 16.9 Å². The molecular formula is C20H18N4O5. The Hall–Kier alpha value is -4.14. The SMILES string of the molecule is Cc1c(NC(=O)C(=O)Nc2ccc(C(=O)O)cc2)c(=O)n(-c2ccccc2)n1C. The smallest absolute Gasteiger partial charge is 0.335 e. The standard InChI is InChI=1S/C20H18N4O5/c1-12-16(19(27)24(23(12)2)15-6-4-3-5-7-15)22-18(26)17(25)21-14-10-8-13(9-11-14)20(28)29/h3-11H,1-2H3,(H,21,25)(H,22,26)(H,28,29). The molecular weight excluding hydrogens is 376 g/mol. The average Bonchev–Trinajstić information content (AvgIpc) is 2.92. The van der Waals surface area contributed by atoms with Crippen LogP contribution in [0.4, 0.5) is 11.4 Å². The van der Waals surface area contributed by atoms with E-state index >= 15 is 0 Å². The van der Waals surface area contributed by atoms with Crippen LogP contribution in [0.1, 0.15) is 16.1 Å². The number of aromatic nitrogens is 2. The molecule has 0 aliphatic carbocycles. The summed E-state index contributed by atoms with van der Waals surface area (Å²) in [6.07, 6.45) is 0. The number of carbonyl (C=O) groups is 3. The Bertz CT molecular complexity index is 1140. The molecule has 0 spiro atoms. The monoisotopic (exact) mass is 394 g/mol. The zero-order valence-corrected chi connectivity index (χ0v) is 15.7. The number of carbonyl (C=O) groups excluding carboxylic acids is 2. The van der Waals surface area contributed by atoms with Gasteiger partial charge in [-0.1, -0.05) is 18.2 Å². The van der Waals surface area contributed by atoms with Crippen molar-refractivity contribution in [1.82, 2.24) is 9.36 Å². The van der Waals surface area contributed by atoms with Gasteiger partial charge in [0, 0.05) is 12.7 Å². The van der Waals surface area contributed by atoms with Crippen LogP contribution in [-0.2, 0) is 16.6 Å². The van der Waals surface area contributed by atoms with Gasteiger partial charge in [0.1, 0.15) is 5.69 Å². The number of hydrogen-bond donors (Lipinski definition) is 3. The lowest BCUT2D eigenvalue weighted by Crippen LogP contribution is -2.31. The van der Waals surface area contributed by atoms with Gasteiger partial charge < -0.3 is 15.7 Å². The van der Waals surface area contributed by atoms with Crippen molar-refractivity contribution in [2.45, 2.75) is 6.92 Å². The Kier molecular flexibility index (Phi) is 5.31. The summed E-state index contributed by atoms with van der Waals surface area (Å²) in [4.78, 5) is 48.1. The fourth-order valence-electron chi connectivity index (χ4n) is 2.77. The van der Waals surface area contributed by atoms with E-state index in [1.54, 1.807) is 42.9 Å². The molecule has 9 nitrogen and oxygen atoms in total. The molecule has 0 aliphatic rings. The molecule has 2 amide bonds. The van der Waals surface area contributed by atoms with Crippen LogP contribution in [-0.4, -0.2) is 32.3 Å². The molecule has 0 saturated carbocycles. The highest BCUT2D eigenvalue weighted by molar-refractivity contribution is 6.43. The molecule has 3 aromatic rings. The maximum atomic E-state index is 12.8. The lowest BCUT2D eigenvalue weighted by molar-refractivity contribution is -0.133. The van der Waals surface area contributed by atoms with Crippen molar-refractivity contribution < 1.29 is 19.5 Å². The van der Waals surface area contributed by atoms with Gasteiger partial charge in [-0.05, 0) is 43.3 Å². The summed E-state index contributed by atoms with van der Waals surface area (Å²) in [5, 5.41) is 13.6. The van der Waals surface area contributed by atoms with E-state index in [0.29, 0.717) is 11.4 Å². The first-order valence-electron chi connectivity index (χ1n) is 8.59. The number of nitrogens with one attached hydrogen (secondary N) is 2. The molecule has 0 saturated heterocycles. The fraction of sp³-hybridized carbons (Fsp3) is 0.100. The van der Waals surface area contributed by atoms with Crippen molar-refractivity contribution in [2.75, 3.05) is 10.6 Å². The molecule has 3 N–H and O–H groups in total. The van der Waals surface area contributed by atoms with E-state index in [9.17, 15) is 19.2 Å². The van der Waals surface area contributed by atoms with Gasteiger partial charge >= 0.3 is 17.8 Å². The Morgan fingerprint density at radius 3 is 2.07 bits per heavy atom. The van der Waals surface area contributed by atoms with Crippen molar-refractivity contribution in [2.24, 2.45) is 7.05 Å². The van der Waals surface area contributed by atoms with E-state index < -0.39 is 23.3 Å². The number of nitrogens with zero attached hydrogens (tertiary/aromatic N) is 2. The van der Waals surface area contributed by atoms with E-state index in [0.717, 1.165) is 0 Å². The summed E-state index contributed by atoms with van der Waals surface area (Å²) in [5.41, 5.74) is 0.925. The largest absolute Gasteiger partial charge is 0.478 e. The van der Waals surface area contributed by atoms with E-state index in [4.69, 9.17) is 5.11 Å². The molecule has 2 aromatic carbocycles. The molecule has 3 rings (SSSR count). The maximum absolute atomic E-state index is 12.8. The molecule has 0 unspecified atom stereocenters. The Morgan fingerprint density at radius 1 is 0.897 bits per heavy atom. The average molecular weight is 394 g/mol. The highest BCUT2D eigenvalue weighted by Gasteiger charge is 2.21. The Balaban J connectivity index is 1.79. The molecule has 1 heterocycles. The lowest BCUT2D eigenvalue weighted by atomic mass is 10.2. The molecule has 0 radical (unpaired) electrons. The van der Waals surface area contributed by atoms with Crippen molar-refractivity contribution in [3.05, 3.63) is 76.2 Å². The third-order valence-corrected chi connectivity index (χ3v) is 4.39. The van der Waals surface area contributed by atoms with Crippen LogP contribution in [0.25, 0.3) is 5.69 Å². The second-order valence-corrected chi connectivity index (χ2v) is 6.23. The molecule has 9 heteroatoms. The van der Waals surface area contributed by atoms with Gasteiger partial charge in [0.15, 0.2) is 0 Å². The number of carboxylic acids is 1. The van der Waals surface area contributed by atoms with Gasteiger partial charge in [-0.3, -0.25) is 19.1 Å². The second kappa shape index (κ2) is 7.85. The quantitative estimate of drug-likeness (QED) is 0.582. The zero-order chi connectivity index (χ0) is 21.1. The van der Waals surface area contributed by atoms with Gasteiger partial charge in [0.25, 0.3) is 5.56 Å². The predicted molar refractivity (Wildman–Crippen MR) is 106 cm³/mol. The molecule has 0 aliphatic heterocycles. The third-order valence-electron chi connectivity index (χ3n) is 4.39. The number of amides is 2. The van der Waals surface area contributed by atoms with Crippen LogP contribution in [0.15, 0.2) is 59.4 Å². The van der Waals surface area contributed by atoms with Crippen LogP contribution in [0.3, 0.4) is 0 Å². The van der Waals surface area contributed by atoms with Crippen LogP contribution in [0.2, 0.25) is 0 Å². The number of para-hydroxylation sites is 1. The normalized spacial score (nSPS) is 10.4.